The number of hydroxylamine groups is 1. The molecule has 1 aliphatic heterocycles. The Bertz CT molecular complexity index is 773. The predicted molar refractivity (Wildman–Crippen MR) is 82.6 cm³/mol. The number of rotatable bonds is 4. The van der Waals surface area contributed by atoms with E-state index in [9.17, 15) is 10.0 Å². The highest BCUT2D eigenvalue weighted by molar-refractivity contribution is 7.99. The molecule has 0 radical (unpaired) electrons. The molecule has 0 amide bonds. The molecule has 0 aliphatic carbocycles. The third-order valence-corrected chi connectivity index (χ3v) is 4.54. The molecule has 116 valence electrons. The fourth-order valence-electron chi connectivity index (χ4n) is 2.00. The zero-order valence-corrected chi connectivity index (χ0v) is 13.1. The van der Waals surface area contributed by atoms with Gasteiger partial charge in [0.05, 0.1) is 11.1 Å². The van der Waals surface area contributed by atoms with Crippen molar-refractivity contribution in [2.45, 2.75) is 11.1 Å². The molecule has 1 atom stereocenters. The quantitative estimate of drug-likeness (QED) is 0.855. The van der Waals surface area contributed by atoms with E-state index in [0.29, 0.717) is 16.5 Å². The van der Waals surface area contributed by atoms with Crippen molar-refractivity contribution >= 4 is 23.4 Å². The lowest BCUT2D eigenvalue weighted by Gasteiger charge is -2.14. The first-order valence-electron chi connectivity index (χ1n) is 6.37. The lowest BCUT2D eigenvalue weighted by Crippen LogP contribution is -2.30. The Kier molecular flexibility index (Phi) is 4.21. The molecule has 2 N–H and O–H groups in total. The van der Waals surface area contributed by atoms with Crippen LogP contribution in [0.15, 0.2) is 35.3 Å². The van der Waals surface area contributed by atoms with E-state index >= 15 is 0 Å². The van der Waals surface area contributed by atoms with Crippen LogP contribution in [0.5, 0.6) is 0 Å². The number of hydrogen-bond acceptors (Lipinski definition) is 7. The zero-order valence-electron chi connectivity index (χ0n) is 11.5. The molecule has 1 aromatic carbocycles. The number of benzene rings is 1. The number of thioether (sulfide) groups is 1. The van der Waals surface area contributed by atoms with Crippen LogP contribution in [0.4, 0.5) is 0 Å². The van der Waals surface area contributed by atoms with Crippen molar-refractivity contribution in [1.82, 2.24) is 30.4 Å². The summed E-state index contributed by atoms with van der Waals surface area (Å²) in [4.78, 5) is 12.0. The Labute approximate surface area is 134 Å². The summed E-state index contributed by atoms with van der Waals surface area (Å²) in [5.41, 5.74) is 3.86. The molecule has 1 aromatic heterocycles. The summed E-state index contributed by atoms with van der Waals surface area (Å²) < 4.78 is 2.38. The van der Waals surface area contributed by atoms with Crippen molar-refractivity contribution in [2.24, 2.45) is 7.05 Å². The first kappa shape index (κ1) is 15.1. The number of nitrogens with one attached hydrogen (secondary N) is 1. The van der Waals surface area contributed by atoms with Gasteiger partial charge in [-0.05, 0) is 28.6 Å². The van der Waals surface area contributed by atoms with E-state index in [1.807, 2.05) is 6.08 Å². The highest BCUT2D eigenvalue weighted by Gasteiger charge is 2.18. The first-order valence-corrected chi connectivity index (χ1v) is 7.80. The number of hydrogen-bond donors (Lipinski definition) is 2. The van der Waals surface area contributed by atoms with Gasteiger partial charge < -0.3 is 0 Å². The fourth-order valence-corrected chi connectivity index (χ4v) is 3.32. The predicted octanol–water partition coefficient (Wildman–Crippen LogP) is 0.902. The minimum atomic E-state index is -0.339. The van der Waals surface area contributed by atoms with Gasteiger partial charge in [-0.2, -0.15) is 20.0 Å². The Balaban J connectivity index is 1.89. The third-order valence-electron chi connectivity index (χ3n) is 3.11. The Hall–Kier alpha value is -1.81. The molecule has 22 heavy (non-hydrogen) atoms. The Morgan fingerprint density at radius 2 is 2.27 bits per heavy atom. The van der Waals surface area contributed by atoms with Gasteiger partial charge in [0.15, 0.2) is 0 Å². The van der Waals surface area contributed by atoms with Crippen LogP contribution in [0.3, 0.4) is 0 Å². The second-order valence-corrected chi connectivity index (χ2v) is 6.12. The Morgan fingerprint density at radius 3 is 2.91 bits per heavy atom. The summed E-state index contributed by atoms with van der Waals surface area (Å²) in [6.07, 6.45) is 3.34. The maximum absolute atomic E-state index is 12.0. The second kappa shape index (κ2) is 6.13. The molecule has 1 unspecified atom stereocenters. The molecule has 0 saturated carbocycles. The summed E-state index contributed by atoms with van der Waals surface area (Å²) in [5, 5.41) is 18.2. The molecular weight excluding hydrogens is 328 g/mol. The Morgan fingerprint density at radius 1 is 1.45 bits per heavy atom. The van der Waals surface area contributed by atoms with Crippen LogP contribution in [-0.2, 0) is 12.8 Å². The van der Waals surface area contributed by atoms with Gasteiger partial charge in [0, 0.05) is 29.6 Å². The molecular formula is C12H13ClN6O2S. The van der Waals surface area contributed by atoms with Crippen molar-refractivity contribution in [3.63, 3.8) is 0 Å². The van der Waals surface area contributed by atoms with E-state index in [4.69, 9.17) is 11.6 Å². The minimum Gasteiger partial charge on any atom is -0.273 e. The zero-order chi connectivity index (χ0) is 15.7. The second-order valence-electron chi connectivity index (χ2n) is 4.58. The molecule has 1 aliphatic rings. The first-order chi connectivity index (χ1) is 10.6. The van der Waals surface area contributed by atoms with Gasteiger partial charge in [0.1, 0.15) is 0 Å². The standard InChI is InChI=1S/C12H13ClN6O2S/c1-17-12(20)19(16-15-17)10-4-2-3-9(13)8(10)7-22-11-5-6-18(21)14-11/h2-6,11,14,21H,7H2,1H3. The van der Waals surface area contributed by atoms with Crippen LogP contribution in [0.2, 0.25) is 5.02 Å². The highest BCUT2D eigenvalue weighted by atomic mass is 35.5. The van der Waals surface area contributed by atoms with Gasteiger partial charge >= 0.3 is 5.69 Å². The maximum atomic E-state index is 12.0. The van der Waals surface area contributed by atoms with E-state index in [2.05, 4.69) is 15.9 Å². The summed E-state index contributed by atoms with van der Waals surface area (Å²) in [6.45, 7) is 0. The maximum Gasteiger partial charge on any atom is 0.368 e. The summed E-state index contributed by atoms with van der Waals surface area (Å²) in [7, 11) is 1.54. The molecule has 3 rings (SSSR count). The normalized spacial score (nSPS) is 17.4. The molecule has 8 nitrogen and oxygen atoms in total. The van der Waals surface area contributed by atoms with Crippen LogP contribution >= 0.6 is 23.4 Å². The van der Waals surface area contributed by atoms with Crippen LogP contribution in [-0.4, -0.2) is 35.5 Å². The number of aryl methyl sites for hydroxylation is 1. The van der Waals surface area contributed by atoms with Gasteiger partial charge in [-0.1, -0.05) is 17.7 Å². The van der Waals surface area contributed by atoms with E-state index in [0.717, 1.165) is 15.4 Å². The highest BCUT2D eigenvalue weighted by Crippen LogP contribution is 2.29. The van der Waals surface area contributed by atoms with Gasteiger partial charge in [0.2, 0.25) is 0 Å². The van der Waals surface area contributed by atoms with Crippen molar-refractivity contribution < 1.29 is 5.21 Å². The van der Waals surface area contributed by atoms with Crippen molar-refractivity contribution in [3.05, 3.63) is 51.5 Å². The largest absolute Gasteiger partial charge is 0.368 e. The van der Waals surface area contributed by atoms with Crippen molar-refractivity contribution in [3.8, 4) is 5.69 Å². The van der Waals surface area contributed by atoms with Crippen LogP contribution in [0.1, 0.15) is 5.56 Å². The van der Waals surface area contributed by atoms with Crippen LogP contribution in [0.25, 0.3) is 5.69 Å². The molecule has 2 heterocycles. The number of nitrogens with zero attached hydrogens (tertiary/aromatic N) is 5. The smallest absolute Gasteiger partial charge is 0.273 e. The number of halogens is 1. The molecule has 10 heteroatoms. The average molecular weight is 341 g/mol. The van der Waals surface area contributed by atoms with Gasteiger partial charge in [-0.25, -0.2) is 4.79 Å². The lowest BCUT2D eigenvalue weighted by molar-refractivity contribution is -0.0785. The van der Waals surface area contributed by atoms with Crippen LogP contribution < -0.4 is 11.1 Å². The third kappa shape index (κ3) is 2.88. The van der Waals surface area contributed by atoms with Gasteiger partial charge in [-0.15, -0.1) is 11.8 Å². The average Bonchev–Trinajstić information content (AvgIpc) is 3.05. The van der Waals surface area contributed by atoms with Crippen molar-refractivity contribution in [2.75, 3.05) is 0 Å². The van der Waals surface area contributed by atoms with Crippen molar-refractivity contribution in [1.29, 1.82) is 0 Å². The summed E-state index contributed by atoms with van der Waals surface area (Å²) in [6, 6.07) is 5.29. The van der Waals surface area contributed by atoms with E-state index in [-0.39, 0.29) is 11.1 Å². The monoisotopic (exact) mass is 340 g/mol. The van der Waals surface area contributed by atoms with E-state index < -0.39 is 0 Å². The lowest BCUT2D eigenvalue weighted by atomic mass is 10.2. The summed E-state index contributed by atoms with van der Waals surface area (Å²) in [5.74, 6) is 0.536. The molecule has 0 bridgehead atoms. The fraction of sp³-hybridized carbons (Fsp3) is 0.250. The minimum absolute atomic E-state index is 0.0762. The number of hydrazine groups is 1. The van der Waals surface area contributed by atoms with Crippen LogP contribution in [0, 0.1) is 0 Å². The topological polar surface area (TPSA) is 88.2 Å². The summed E-state index contributed by atoms with van der Waals surface area (Å²) >= 11 is 7.79. The van der Waals surface area contributed by atoms with Gasteiger partial charge in [-0.3, -0.25) is 5.21 Å². The SMILES string of the molecule is Cn1nnn(-c2cccc(Cl)c2CSC2C=CN(O)N2)c1=O. The molecule has 0 fully saturated rings. The number of aromatic nitrogens is 4. The van der Waals surface area contributed by atoms with E-state index in [1.165, 1.54) is 29.7 Å². The number of tetrazole rings is 1. The molecule has 2 aromatic rings. The van der Waals surface area contributed by atoms with E-state index in [1.54, 1.807) is 18.2 Å². The molecule has 0 spiro atoms. The van der Waals surface area contributed by atoms with Gasteiger partial charge in [0.25, 0.3) is 0 Å². The molecule has 0 saturated heterocycles.